The van der Waals surface area contributed by atoms with Gasteiger partial charge in [-0.15, -0.1) is 0 Å². The Labute approximate surface area is 55.8 Å². The highest BCUT2D eigenvalue weighted by Gasteiger charge is 1.80. The molecule has 0 spiro atoms. The van der Waals surface area contributed by atoms with Gasteiger partial charge in [-0.1, -0.05) is 12.7 Å². The fourth-order valence-corrected chi connectivity index (χ4v) is 0.390. The predicted molar refractivity (Wildman–Crippen MR) is 41.8 cm³/mol. The topological polar surface area (TPSA) is 38.4 Å². The van der Waals surface area contributed by atoms with Crippen molar-refractivity contribution in [3.63, 3.8) is 0 Å². The van der Waals surface area contributed by atoms with Crippen molar-refractivity contribution < 1.29 is 0 Å². The van der Waals surface area contributed by atoms with Crippen LogP contribution in [0, 0.1) is 0 Å². The summed E-state index contributed by atoms with van der Waals surface area (Å²) in [7, 11) is 1.72. The lowest BCUT2D eigenvalue weighted by molar-refractivity contribution is 1.19. The van der Waals surface area contributed by atoms with E-state index in [2.05, 4.69) is 11.6 Å². The average molecular weight is 124 g/mol. The molecule has 2 nitrogen and oxygen atoms in total. The second-order valence-corrected chi connectivity index (χ2v) is 1.56. The fraction of sp³-hybridized carbons (Fsp3) is 0.286. The number of rotatable bonds is 3. The van der Waals surface area contributed by atoms with Gasteiger partial charge in [-0.3, -0.25) is 4.99 Å². The molecule has 9 heavy (non-hydrogen) atoms. The summed E-state index contributed by atoms with van der Waals surface area (Å²) in [5, 5.41) is 0. The van der Waals surface area contributed by atoms with E-state index in [4.69, 9.17) is 5.73 Å². The van der Waals surface area contributed by atoms with E-state index in [9.17, 15) is 0 Å². The lowest BCUT2D eigenvalue weighted by Crippen LogP contribution is -2.00. The lowest BCUT2D eigenvalue weighted by atomic mass is 10.2. The molecule has 0 aliphatic rings. The van der Waals surface area contributed by atoms with E-state index in [1.54, 1.807) is 19.3 Å². The van der Waals surface area contributed by atoms with Crippen molar-refractivity contribution in [2.45, 2.75) is 0 Å². The third-order valence-corrected chi connectivity index (χ3v) is 0.936. The van der Waals surface area contributed by atoms with Crippen LogP contribution in [0.3, 0.4) is 0 Å². The summed E-state index contributed by atoms with van der Waals surface area (Å²) in [5.74, 6) is 0. The van der Waals surface area contributed by atoms with E-state index < -0.39 is 0 Å². The molecule has 0 radical (unpaired) electrons. The van der Waals surface area contributed by atoms with Gasteiger partial charge in [0.05, 0.1) is 0 Å². The van der Waals surface area contributed by atoms with Crippen molar-refractivity contribution in [1.29, 1.82) is 0 Å². The van der Waals surface area contributed by atoms with E-state index in [0.29, 0.717) is 6.54 Å². The van der Waals surface area contributed by atoms with E-state index in [-0.39, 0.29) is 0 Å². The van der Waals surface area contributed by atoms with Gasteiger partial charge in [-0.05, 0) is 11.6 Å². The molecule has 2 N–H and O–H groups in total. The van der Waals surface area contributed by atoms with Crippen LogP contribution < -0.4 is 5.73 Å². The van der Waals surface area contributed by atoms with Crippen molar-refractivity contribution in [2.75, 3.05) is 13.6 Å². The second-order valence-electron chi connectivity index (χ2n) is 1.56. The molecule has 0 heterocycles. The van der Waals surface area contributed by atoms with Crippen molar-refractivity contribution >= 4 is 6.21 Å². The van der Waals surface area contributed by atoms with Gasteiger partial charge in [-0.25, -0.2) is 0 Å². The summed E-state index contributed by atoms with van der Waals surface area (Å²) in [6.07, 6.45) is 5.26. The van der Waals surface area contributed by atoms with Crippen molar-refractivity contribution in [1.82, 2.24) is 0 Å². The fourth-order valence-electron chi connectivity index (χ4n) is 0.390. The Morgan fingerprint density at radius 2 is 2.44 bits per heavy atom. The maximum absolute atomic E-state index is 5.32. The van der Waals surface area contributed by atoms with E-state index in [1.165, 1.54) is 0 Å². The van der Waals surface area contributed by atoms with E-state index in [1.807, 2.05) is 6.08 Å². The van der Waals surface area contributed by atoms with Crippen LogP contribution in [-0.2, 0) is 0 Å². The predicted octanol–water partition coefficient (Wildman–Crippen LogP) is 0.758. The molecular formula is C7H12N2. The third kappa shape index (κ3) is 3.67. The number of nitrogens with two attached hydrogens (primary N) is 1. The largest absolute Gasteiger partial charge is 0.326 e. The first-order chi connectivity index (χ1) is 4.35. The molecule has 0 amide bonds. The zero-order valence-electron chi connectivity index (χ0n) is 5.67. The minimum atomic E-state index is 0.523. The summed E-state index contributed by atoms with van der Waals surface area (Å²) in [6, 6.07) is 0. The number of hydrogen-bond donors (Lipinski definition) is 1. The van der Waals surface area contributed by atoms with E-state index >= 15 is 0 Å². The summed E-state index contributed by atoms with van der Waals surface area (Å²) in [5.41, 5.74) is 6.32. The monoisotopic (exact) mass is 124 g/mol. The van der Waals surface area contributed by atoms with Crippen molar-refractivity contribution in [3.05, 3.63) is 24.3 Å². The molecule has 0 saturated heterocycles. The molecule has 0 bridgehead atoms. The summed E-state index contributed by atoms with van der Waals surface area (Å²) in [4.78, 5) is 3.77. The Morgan fingerprint density at radius 3 is 2.78 bits per heavy atom. The summed E-state index contributed by atoms with van der Waals surface area (Å²) < 4.78 is 0. The number of hydrogen-bond acceptors (Lipinski definition) is 2. The van der Waals surface area contributed by atoms with E-state index in [0.717, 1.165) is 5.57 Å². The summed E-state index contributed by atoms with van der Waals surface area (Å²) in [6.45, 7) is 4.10. The Hall–Kier alpha value is -0.890. The maximum Gasteiger partial charge on any atom is 0.0277 e. The molecule has 0 atom stereocenters. The zero-order chi connectivity index (χ0) is 7.11. The molecule has 0 aromatic heterocycles. The Morgan fingerprint density at radius 1 is 1.78 bits per heavy atom. The van der Waals surface area contributed by atoms with Gasteiger partial charge in [-0.2, -0.15) is 0 Å². The SMILES string of the molecule is C=C/C(=C\C=NC)CN. The molecule has 0 aliphatic heterocycles. The van der Waals surface area contributed by atoms with Crippen LogP contribution >= 0.6 is 0 Å². The minimum absolute atomic E-state index is 0.523. The standard InChI is InChI=1S/C7H12N2/c1-3-7(6-8)4-5-9-2/h3-5H,1,6,8H2,2H3/b7-4+,9-5?. The molecule has 0 unspecified atom stereocenters. The third-order valence-electron chi connectivity index (χ3n) is 0.936. The normalized spacial score (nSPS) is 12.4. The lowest BCUT2D eigenvalue weighted by Gasteiger charge is -1.89. The molecule has 50 valence electrons. The first-order valence-electron chi connectivity index (χ1n) is 2.79. The minimum Gasteiger partial charge on any atom is -0.326 e. The van der Waals surface area contributed by atoms with Gasteiger partial charge < -0.3 is 5.73 Å². The highest BCUT2D eigenvalue weighted by atomic mass is 14.6. The van der Waals surface area contributed by atoms with Gasteiger partial charge in [0.15, 0.2) is 0 Å². The smallest absolute Gasteiger partial charge is 0.0277 e. The molecular weight excluding hydrogens is 112 g/mol. The summed E-state index contributed by atoms with van der Waals surface area (Å²) >= 11 is 0. The highest BCUT2D eigenvalue weighted by Crippen LogP contribution is 1.88. The number of allylic oxidation sites excluding steroid dienone is 1. The Balaban J connectivity index is 3.90. The van der Waals surface area contributed by atoms with Crippen LogP contribution in [0.25, 0.3) is 0 Å². The highest BCUT2D eigenvalue weighted by molar-refractivity contribution is 5.72. The van der Waals surface area contributed by atoms with Gasteiger partial charge in [0.25, 0.3) is 0 Å². The molecule has 0 aromatic rings. The van der Waals surface area contributed by atoms with Gasteiger partial charge >= 0.3 is 0 Å². The molecule has 0 fully saturated rings. The Bertz CT molecular complexity index is 134. The van der Waals surface area contributed by atoms with Crippen LogP contribution in [0.2, 0.25) is 0 Å². The first-order valence-corrected chi connectivity index (χ1v) is 2.79. The van der Waals surface area contributed by atoms with Crippen molar-refractivity contribution in [2.24, 2.45) is 10.7 Å². The maximum atomic E-state index is 5.32. The van der Waals surface area contributed by atoms with Gasteiger partial charge in [0, 0.05) is 19.8 Å². The van der Waals surface area contributed by atoms with Crippen LogP contribution in [0.1, 0.15) is 0 Å². The second kappa shape index (κ2) is 5.25. The van der Waals surface area contributed by atoms with Crippen LogP contribution in [-0.4, -0.2) is 19.8 Å². The van der Waals surface area contributed by atoms with Crippen LogP contribution in [0.4, 0.5) is 0 Å². The van der Waals surface area contributed by atoms with Crippen LogP contribution in [0.15, 0.2) is 29.3 Å². The molecule has 0 aliphatic carbocycles. The zero-order valence-corrected chi connectivity index (χ0v) is 5.67. The average Bonchev–Trinajstić information content (AvgIpc) is 1.91. The molecule has 0 aromatic carbocycles. The first kappa shape index (κ1) is 8.11. The van der Waals surface area contributed by atoms with Crippen LogP contribution in [0.5, 0.6) is 0 Å². The number of aliphatic imine (C=N–C) groups is 1. The van der Waals surface area contributed by atoms with Crippen molar-refractivity contribution in [3.8, 4) is 0 Å². The molecule has 0 saturated carbocycles. The quantitative estimate of drug-likeness (QED) is 0.437. The Kier molecular flexibility index (Phi) is 4.73. The molecule has 0 rings (SSSR count). The molecule has 2 heteroatoms. The van der Waals surface area contributed by atoms with Gasteiger partial charge in [0.1, 0.15) is 0 Å². The number of nitrogens with zero attached hydrogens (tertiary/aromatic N) is 1. The van der Waals surface area contributed by atoms with Gasteiger partial charge in [0.2, 0.25) is 0 Å².